The lowest BCUT2D eigenvalue weighted by Gasteiger charge is -2.06. The van der Waals surface area contributed by atoms with Gasteiger partial charge in [0.1, 0.15) is 12.4 Å². The topological polar surface area (TPSA) is 61.0 Å². The summed E-state index contributed by atoms with van der Waals surface area (Å²) in [6.45, 7) is 0.0114. The monoisotopic (exact) mass is 339 g/mol. The molecule has 0 bridgehead atoms. The largest absolute Gasteiger partial charge is 0.487 e. The van der Waals surface area contributed by atoms with Gasteiger partial charge in [0.05, 0.1) is 11.3 Å². The first-order valence-corrected chi connectivity index (χ1v) is 6.67. The molecule has 2 heterocycles. The van der Waals surface area contributed by atoms with E-state index < -0.39 is 24.0 Å². The van der Waals surface area contributed by atoms with Gasteiger partial charge in [-0.1, -0.05) is 0 Å². The molecule has 0 atom stereocenters. The first-order valence-electron chi connectivity index (χ1n) is 6.67. The molecule has 3 aromatic rings. The summed E-state index contributed by atoms with van der Waals surface area (Å²) in [6.07, 6.45) is -1.49. The molecular formula is C15H9F4N3O2. The summed E-state index contributed by atoms with van der Waals surface area (Å²) in [6, 6.07) is 6.27. The van der Waals surface area contributed by atoms with Gasteiger partial charge in [-0.25, -0.2) is 8.78 Å². The maximum Gasteiger partial charge on any atom is 0.314 e. The Balaban J connectivity index is 1.66. The van der Waals surface area contributed by atoms with Crippen molar-refractivity contribution in [3.05, 3.63) is 59.7 Å². The van der Waals surface area contributed by atoms with Crippen LogP contribution in [0.5, 0.6) is 5.75 Å². The summed E-state index contributed by atoms with van der Waals surface area (Å²) in [5.74, 6) is -2.67. The predicted octanol–water partition coefficient (Wildman–Crippen LogP) is 3.93. The van der Waals surface area contributed by atoms with Crippen LogP contribution in [0.3, 0.4) is 0 Å². The highest BCUT2D eigenvalue weighted by Gasteiger charge is 2.17. The van der Waals surface area contributed by atoms with Gasteiger partial charge in [0.15, 0.2) is 11.6 Å². The molecule has 0 spiro atoms. The molecule has 0 saturated carbocycles. The van der Waals surface area contributed by atoms with Gasteiger partial charge in [0, 0.05) is 12.3 Å². The molecule has 0 fully saturated rings. The van der Waals surface area contributed by atoms with E-state index in [4.69, 9.17) is 9.15 Å². The summed E-state index contributed by atoms with van der Waals surface area (Å²) < 4.78 is 60.8. The Morgan fingerprint density at radius 2 is 1.88 bits per heavy atom. The summed E-state index contributed by atoms with van der Waals surface area (Å²) in [5, 5.41) is 6.72. The highest BCUT2D eigenvalue weighted by atomic mass is 19.3. The van der Waals surface area contributed by atoms with Crippen molar-refractivity contribution in [2.24, 2.45) is 0 Å². The molecule has 2 aromatic heterocycles. The lowest BCUT2D eigenvalue weighted by Crippen LogP contribution is -1.99. The van der Waals surface area contributed by atoms with Crippen LogP contribution < -0.4 is 4.74 Å². The summed E-state index contributed by atoms with van der Waals surface area (Å²) in [7, 11) is 0. The Kier molecular flexibility index (Phi) is 4.41. The van der Waals surface area contributed by atoms with Gasteiger partial charge in [-0.2, -0.15) is 8.78 Å². The first-order chi connectivity index (χ1) is 11.5. The fraction of sp³-hybridized carbons (Fsp3) is 0.133. The van der Waals surface area contributed by atoms with E-state index in [0.717, 1.165) is 12.1 Å². The number of halogens is 4. The summed E-state index contributed by atoms with van der Waals surface area (Å²) in [5.41, 5.74) is 0.850. The van der Waals surface area contributed by atoms with Gasteiger partial charge >= 0.3 is 6.43 Å². The lowest BCUT2D eigenvalue weighted by atomic mass is 10.2. The van der Waals surface area contributed by atoms with Gasteiger partial charge in [0.2, 0.25) is 5.89 Å². The SMILES string of the molecule is Fc1ccc(OCc2ccc(-c3nnc(C(F)F)o3)cn2)cc1F. The van der Waals surface area contributed by atoms with Crippen molar-refractivity contribution >= 4 is 0 Å². The van der Waals surface area contributed by atoms with E-state index in [-0.39, 0.29) is 18.2 Å². The van der Waals surface area contributed by atoms with Crippen LogP contribution in [0.15, 0.2) is 40.9 Å². The molecule has 0 N–H and O–H groups in total. The first kappa shape index (κ1) is 15.9. The van der Waals surface area contributed by atoms with Crippen molar-refractivity contribution < 1.29 is 26.7 Å². The van der Waals surface area contributed by atoms with Gasteiger partial charge in [-0.3, -0.25) is 4.98 Å². The van der Waals surface area contributed by atoms with Crippen LogP contribution in [0.4, 0.5) is 17.6 Å². The third kappa shape index (κ3) is 3.50. The quantitative estimate of drug-likeness (QED) is 0.659. The Morgan fingerprint density at radius 3 is 2.50 bits per heavy atom. The predicted molar refractivity (Wildman–Crippen MR) is 73.2 cm³/mol. The Morgan fingerprint density at radius 1 is 1.04 bits per heavy atom. The number of hydrogen-bond donors (Lipinski definition) is 0. The third-order valence-electron chi connectivity index (χ3n) is 2.98. The maximum absolute atomic E-state index is 13.1. The third-order valence-corrected chi connectivity index (χ3v) is 2.98. The van der Waals surface area contributed by atoms with Gasteiger partial charge in [0.25, 0.3) is 5.89 Å². The number of rotatable bonds is 5. The molecule has 0 radical (unpaired) electrons. The van der Waals surface area contributed by atoms with E-state index >= 15 is 0 Å². The van der Waals surface area contributed by atoms with Crippen LogP contribution in [-0.2, 0) is 6.61 Å². The second kappa shape index (κ2) is 6.65. The number of hydrogen-bond acceptors (Lipinski definition) is 5. The van der Waals surface area contributed by atoms with Crippen molar-refractivity contribution in [3.8, 4) is 17.2 Å². The van der Waals surface area contributed by atoms with E-state index in [1.807, 2.05) is 0 Å². The smallest absolute Gasteiger partial charge is 0.314 e. The van der Waals surface area contributed by atoms with E-state index in [2.05, 4.69) is 15.2 Å². The summed E-state index contributed by atoms with van der Waals surface area (Å²) in [4.78, 5) is 4.06. The van der Waals surface area contributed by atoms with Crippen molar-refractivity contribution in [2.45, 2.75) is 13.0 Å². The van der Waals surface area contributed by atoms with Crippen LogP contribution in [0, 0.1) is 11.6 Å². The fourth-order valence-electron chi connectivity index (χ4n) is 1.80. The lowest BCUT2D eigenvalue weighted by molar-refractivity contribution is 0.116. The Labute approximate surface area is 132 Å². The van der Waals surface area contributed by atoms with Crippen LogP contribution in [0.25, 0.3) is 11.5 Å². The number of pyridine rings is 1. The molecule has 3 rings (SSSR count). The Bertz CT molecular complexity index is 837. The van der Waals surface area contributed by atoms with Crippen LogP contribution in [0.2, 0.25) is 0 Å². The zero-order valence-electron chi connectivity index (χ0n) is 11.9. The molecule has 24 heavy (non-hydrogen) atoms. The van der Waals surface area contributed by atoms with Crippen LogP contribution in [0.1, 0.15) is 18.0 Å². The number of alkyl halides is 2. The van der Waals surface area contributed by atoms with E-state index in [1.165, 1.54) is 12.3 Å². The highest BCUT2D eigenvalue weighted by molar-refractivity contribution is 5.50. The van der Waals surface area contributed by atoms with Crippen molar-refractivity contribution in [3.63, 3.8) is 0 Å². The minimum Gasteiger partial charge on any atom is -0.487 e. The normalized spacial score (nSPS) is 11.0. The number of aromatic nitrogens is 3. The van der Waals surface area contributed by atoms with Crippen LogP contribution >= 0.6 is 0 Å². The number of ether oxygens (including phenoxy) is 1. The second-order valence-electron chi connectivity index (χ2n) is 4.65. The van der Waals surface area contributed by atoms with E-state index in [9.17, 15) is 17.6 Å². The van der Waals surface area contributed by atoms with Gasteiger partial charge < -0.3 is 9.15 Å². The molecular weight excluding hydrogens is 330 g/mol. The highest BCUT2D eigenvalue weighted by Crippen LogP contribution is 2.23. The molecule has 9 heteroatoms. The molecule has 0 unspecified atom stereocenters. The van der Waals surface area contributed by atoms with Gasteiger partial charge in [-0.05, 0) is 24.3 Å². The average molecular weight is 339 g/mol. The van der Waals surface area contributed by atoms with Gasteiger partial charge in [-0.15, -0.1) is 10.2 Å². The Hall–Kier alpha value is -2.97. The van der Waals surface area contributed by atoms with Crippen molar-refractivity contribution in [2.75, 3.05) is 0 Å². The standard InChI is InChI=1S/C15H9F4N3O2/c16-11-4-3-10(5-12(11)17)23-7-9-2-1-8(6-20-9)14-21-22-15(24-14)13(18)19/h1-6,13H,7H2. The van der Waals surface area contributed by atoms with Crippen LogP contribution in [-0.4, -0.2) is 15.2 Å². The fourth-order valence-corrected chi connectivity index (χ4v) is 1.80. The molecule has 1 aromatic carbocycles. The maximum atomic E-state index is 13.1. The minimum absolute atomic E-state index is 0.0114. The average Bonchev–Trinajstić information content (AvgIpc) is 3.07. The number of nitrogens with zero attached hydrogens (tertiary/aromatic N) is 3. The summed E-state index contributed by atoms with van der Waals surface area (Å²) >= 11 is 0. The number of benzene rings is 1. The van der Waals surface area contributed by atoms with Crippen molar-refractivity contribution in [1.29, 1.82) is 0 Å². The minimum atomic E-state index is -2.84. The molecule has 0 aliphatic carbocycles. The molecule has 0 aliphatic rings. The van der Waals surface area contributed by atoms with E-state index in [1.54, 1.807) is 12.1 Å². The van der Waals surface area contributed by atoms with E-state index in [0.29, 0.717) is 11.3 Å². The molecule has 0 saturated heterocycles. The molecule has 0 amide bonds. The molecule has 124 valence electrons. The second-order valence-corrected chi connectivity index (χ2v) is 4.65. The zero-order valence-corrected chi connectivity index (χ0v) is 11.9. The zero-order chi connectivity index (χ0) is 17.1. The molecule has 0 aliphatic heterocycles. The molecule has 5 nitrogen and oxygen atoms in total. The van der Waals surface area contributed by atoms with Crippen molar-refractivity contribution in [1.82, 2.24) is 15.2 Å².